The number of nitrogens with zero attached hydrogens (tertiary/aromatic N) is 2. The molecule has 0 aliphatic heterocycles. The Morgan fingerprint density at radius 1 is 1.05 bits per heavy atom. The fraction of sp³-hybridized carbons (Fsp3) is 0.0625. The minimum absolute atomic E-state index is 0.0333. The summed E-state index contributed by atoms with van der Waals surface area (Å²) < 4.78 is 1.36. The van der Waals surface area contributed by atoms with Gasteiger partial charge in [0.05, 0.1) is 5.52 Å². The summed E-state index contributed by atoms with van der Waals surface area (Å²) in [6, 6.07) is 11.8. The van der Waals surface area contributed by atoms with Crippen molar-refractivity contribution < 1.29 is 19.8 Å². The van der Waals surface area contributed by atoms with Gasteiger partial charge < -0.3 is 10.2 Å². The van der Waals surface area contributed by atoms with E-state index in [0.717, 1.165) is 5.56 Å². The molecule has 0 unspecified atom stereocenters. The minimum atomic E-state index is -1.20. The Bertz CT molecular complexity index is 912. The predicted molar refractivity (Wildman–Crippen MR) is 79.3 cm³/mol. The van der Waals surface area contributed by atoms with E-state index in [1.807, 2.05) is 25.1 Å². The van der Waals surface area contributed by atoms with Crippen molar-refractivity contribution >= 4 is 17.5 Å². The number of hydrogen-bond donors (Lipinski definition) is 2. The van der Waals surface area contributed by atoms with Crippen LogP contribution in [0.2, 0.25) is 0 Å². The van der Waals surface area contributed by atoms with Crippen molar-refractivity contribution in [2.75, 3.05) is 0 Å². The normalized spacial score (nSPS) is 10.8. The molecule has 6 nitrogen and oxygen atoms in total. The number of imidazole rings is 1. The number of aromatic carboxylic acids is 2. The Hall–Kier alpha value is -3.15. The van der Waals surface area contributed by atoms with Gasteiger partial charge in [-0.15, -0.1) is 0 Å². The van der Waals surface area contributed by atoms with Crippen molar-refractivity contribution in [2.24, 2.45) is 0 Å². The molecule has 3 aromatic rings. The van der Waals surface area contributed by atoms with Gasteiger partial charge in [0.15, 0.2) is 5.69 Å². The maximum absolute atomic E-state index is 11.4. The lowest BCUT2D eigenvalue weighted by Gasteiger charge is -2.06. The van der Waals surface area contributed by atoms with Crippen molar-refractivity contribution in [1.82, 2.24) is 9.38 Å². The van der Waals surface area contributed by atoms with Crippen LogP contribution < -0.4 is 0 Å². The lowest BCUT2D eigenvalue weighted by atomic mass is 10.1. The molecule has 0 bridgehead atoms. The molecule has 22 heavy (non-hydrogen) atoms. The van der Waals surface area contributed by atoms with E-state index < -0.39 is 11.9 Å². The molecule has 0 aliphatic carbocycles. The van der Waals surface area contributed by atoms with Crippen LogP contribution in [0.4, 0.5) is 0 Å². The number of carboxylic acid groups (broad SMARTS) is 2. The molecule has 2 heterocycles. The molecule has 2 aromatic heterocycles. The van der Waals surface area contributed by atoms with E-state index >= 15 is 0 Å². The first-order valence-electron chi connectivity index (χ1n) is 6.54. The van der Waals surface area contributed by atoms with Crippen molar-refractivity contribution in [3.05, 3.63) is 59.4 Å². The first kappa shape index (κ1) is 13.8. The first-order chi connectivity index (χ1) is 10.5. The molecule has 0 radical (unpaired) electrons. The zero-order chi connectivity index (χ0) is 15.9. The number of rotatable bonds is 3. The topological polar surface area (TPSA) is 91.9 Å². The molecule has 6 heteroatoms. The SMILES string of the molecule is Cc1cccc(-c2nc(C(=O)O)c3cccc(C(=O)O)n23)c1. The van der Waals surface area contributed by atoms with Crippen LogP contribution in [0.1, 0.15) is 26.5 Å². The van der Waals surface area contributed by atoms with Crippen LogP contribution in [0, 0.1) is 6.92 Å². The zero-order valence-electron chi connectivity index (χ0n) is 11.6. The largest absolute Gasteiger partial charge is 0.477 e. The molecule has 0 fully saturated rings. The lowest BCUT2D eigenvalue weighted by molar-refractivity contribution is 0.0678. The third-order valence-corrected chi connectivity index (χ3v) is 3.36. The molecule has 0 atom stereocenters. The van der Waals surface area contributed by atoms with Gasteiger partial charge >= 0.3 is 11.9 Å². The number of aryl methyl sites for hydroxylation is 1. The highest BCUT2D eigenvalue weighted by atomic mass is 16.4. The predicted octanol–water partition coefficient (Wildman–Crippen LogP) is 2.71. The van der Waals surface area contributed by atoms with Crippen molar-refractivity contribution in [3.63, 3.8) is 0 Å². The van der Waals surface area contributed by atoms with E-state index in [4.69, 9.17) is 0 Å². The van der Waals surface area contributed by atoms with E-state index in [9.17, 15) is 19.8 Å². The van der Waals surface area contributed by atoms with E-state index in [0.29, 0.717) is 11.4 Å². The fourth-order valence-corrected chi connectivity index (χ4v) is 2.44. The standard InChI is InChI=1S/C16H12N2O4/c1-9-4-2-5-10(8-9)14-17-13(16(21)22)11-6-3-7-12(15(19)20)18(11)14/h2-8H,1H3,(H,19,20)(H,21,22). The Kier molecular flexibility index (Phi) is 3.14. The van der Waals surface area contributed by atoms with Crippen molar-refractivity contribution in [2.45, 2.75) is 6.92 Å². The summed E-state index contributed by atoms with van der Waals surface area (Å²) in [6.07, 6.45) is 0. The van der Waals surface area contributed by atoms with Gasteiger partial charge in [-0.1, -0.05) is 29.8 Å². The molecular formula is C16H12N2O4. The van der Waals surface area contributed by atoms with Gasteiger partial charge in [0.2, 0.25) is 0 Å². The van der Waals surface area contributed by atoms with Gasteiger partial charge in [0.25, 0.3) is 0 Å². The lowest BCUT2D eigenvalue weighted by Crippen LogP contribution is -2.06. The average Bonchev–Trinajstić information content (AvgIpc) is 2.86. The van der Waals surface area contributed by atoms with Crippen molar-refractivity contribution in [3.8, 4) is 11.4 Å². The number of fused-ring (bicyclic) bond motifs is 1. The first-order valence-corrected chi connectivity index (χ1v) is 6.54. The average molecular weight is 296 g/mol. The highest BCUT2D eigenvalue weighted by Gasteiger charge is 2.21. The molecule has 0 amide bonds. The van der Waals surface area contributed by atoms with Crippen LogP contribution in [-0.2, 0) is 0 Å². The molecule has 0 saturated carbocycles. The molecule has 3 rings (SSSR count). The molecule has 110 valence electrons. The smallest absolute Gasteiger partial charge is 0.356 e. The van der Waals surface area contributed by atoms with E-state index in [1.54, 1.807) is 12.1 Å². The molecule has 0 saturated heterocycles. The summed E-state index contributed by atoms with van der Waals surface area (Å²) in [4.78, 5) is 27.0. The number of hydrogen-bond acceptors (Lipinski definition) is 3. The number of pyridine rings is 1. The summed E-state index contributed by atoms with van der Waals surface area (Å²) >= 11 is 0. The van der Waals surface area contributed by atoms with Gasteiger partial charge in [0.1, 0.15) is 11.5 Å². The van der Waals surface area contributed by atoms with Gasteiger partial charge in [-0.2, -0.15) is 0 Å². The molecule has 0 aliphatic rings. The maximum Gasteiger partial charge on any atom is 0.356 e. The van der Waals surface area contributed by atoms with Gasteiger partial charge in [-0.3, -0.25) is 4.40 Å². The summed E-state index contributed by atoms with van der Waals surface area (Å²) in [5, 5.41) is 18.7. The number of carbonyl (C=O) groups is 2. The van der Waals surface area contributed by atoms with Crippen LogP contribution in [0.15, 0.2) is 42.5 Å². The highest BCUT2D eigenvalue weighted by molar-refractivity contribution is 5.97. The summed E-state index contributed by atoms with van der Waals surface area (Å²) in [6.45, 7) is 1.90. The third-order valence-electron chi connectivity index (χ3n) is 3.36. The van der Waals surface area contributed by atoms with Crippen LogP contribution in [-0.4, -0.2) is 31.5 Å². The molecular weight excluding hydrogens is 284 g/mol. The van der Waals surface area contributed by atoms with E-state index in [2.05, 4.69) is 4.98 Å². The summed E-state index contributed by atoms with van der Waals surface area (Å²) in [5.41, 5.74) is 1.69. The number of carboxylic acids is 2. The third kappa shape index (κ3) is 2.10. The maximum atomic E-state index is 11.4. The Morgan fingerprint density at radius 3 is 2.41 bits per heavy atom. The summed E-state index contributed by atoms with van der Waals surface area (Å²) in [5.74, 6) is -2.04. The number of benzene rings is 1. The van der Waals surface area contributed by atoms with Gasteiger partial charge in [-0.05, 0) is 25.1 Å². The molecule has 1 aromatic carbocycles. The second-order valence-corrected chi connectivity index (χ2v) is 4.90. The Morgan fingerprint density at radius 2 is 1.77 bits per heavy atom. The van der Waals surface area contributed by atoms with Crippen LogP contribution >= 0.6 is 0 Å². The second kappa shape index (κ2) is 5.00. The number of aromatic nitrogens is 2. The quantitative estimate of drug-likeness (QED) is 0.775. The highest BCUT2D eigenvalue weighted by Crippen LogP contribution is 2.25. The monoisotopic (exact) mass is 296 g/mol. The summed E-state index contributed by atoms with van der Waals surface area (Å²) in [7, 11) is 0. The Balaban J connectivity index is 2.43. The van der Waals surface area contributed by atoms with Gasteiger partial charge in [0, 0.05) is 5.56 Å². The van der Waals surface area contributed by atoms with Crippen molar-refractivity contribution in [1.29, 1.82) is 0 Å². The molecule has 2 N–H and O–H groups in total. The zero-order valence-corrected chi connectivity index (χ0v) is 11.6. The van der Waals surface area contributed by atoms with E-state index in [1.165, 1.54) is 16.5 Å². The van der Waals surface area contributed by atoms with Crippen LogP contribution in [0.5, 0.6) is 0 Å². The van der Waals surface area contributed by atoms with Gasteiger partial charge in [-0.25, -0.2) is 14.6 Å². The van der Waals surface area contributed by atoms with Crippen LogP contribution in [0.25, 0.3) is 16.9 Å². The minimum Gasteiger partial charge on any atom is -0.477 e. The second-order valence-electron chi connectivity index (χ2n) is 4.90. The molecule has 0 spiro atoms. The van der Waals surface area contributed by atoms with Crippen LogP contribution in [0.3, 0.4) is 0 Å². The Labute approximate surface area is 125 Å². The van der Waals surface area contributed by atoms with E-state index in [-0.39, 0.29) is 16.9 Å². The fourth-order valence-electron chi connectivity index (χ4n) is 2.44.